The summed E-state index contributed by atoms with van der Waals surface area (Å²) >= 11 is 3.43. The number of halogens is 1. The Hall–Kier alpha value is -2.66. The number of hydrogen-bond donors (Lipinski definition) is 1. The fraction of sp³-hybridized carbons (Fsp3) is 0.100. The van der Waals surface area contributed by atoms with E-state index in [0.29, 0.717) is 5.75 Å². The second-order valence-corrected chi connectivity index (χ2v) is 6.35. The maximum absolute atomic E-state index is 12.2. The van der Waals surface area contributed by atoms with Gasteiger partial charge in [0.05, 0.1) is 6.21 Å². The number of ether oxygens (including phenoxy) is 1. The number of hydrogen-bond acceptors (Lipinski definition) is 3. The van der Waals surface area contributed by atoms with Crippen molar-refractivity contribution in [2.24, 2.45) is 5.10 Å². The molecule has 5 heteroatoms. The summed E-state index contributed by atoms with van der Waals surface area (Å²) in [6.45, 7) is 1.70. The smallest absolute Gasteiger partial charge is 0.280 e. The summed E-state index contributed by atoms with van der Waals surface area (Å²) in [5.74, 6) is 0.367. The fourth-order valence-electron chi connectivity index (χ4n) is 2.38. The standard InChI is InChI=1S/C20H17BrN2O2/c1-14(20(24)23-22-13-16-8-3-5-11-18(16)21)25-19-12-6-9-15-7-2-4-10-17(15)19/h2-14H,1H3,(H,23,24)/b22-13-/t14-/m1/s1. The van der Waals surface area contributed by atoms with Crippen molar-refractivity contribution in [3.8, 4) is 5.75 Å². The molecule has 25 heavy (non-hydrogen) atoms. The van der Waals surface area contributed by atoms with Crippen LogP contribution >= 0.6 is 15.9 Å². The van der Waals surface area contributed by atoms with Gasteiger partial charge in [-0.2, -0.15) is 5.10 Å². The van der Waals surface area contributed by atoms with E-state index in [4.69, 9.17) is 4.74 Å². The molecule has 0 heterocycles. The van der Waals surface area contributed by atoms with Gasteiger partial charge in [-0.1, -0.05) is 70.5 Å². The Labute approximate surface area is 154 Å². The number of amides is 1. The third-order valence-corrected chi connectivity index (χ3v) is 4.43. The highest BCUT2D eigenvalue weighted by molar-refractivity contribution is 9.10. The van der Waals surface area contributed by atoms with Gasteiger partial charge in [0.25, 0.3) is 5.91 Å². The van der Waals surface area contributed by atoms with E-state index in [1.807, 2.05) is 66.7 Å². The molecule has 1 atom stereocenters. The molecular weight excluding hydrogens is 380 g/mol. The Balaban J connectivity index is 1.65. The molecule has 0 aliphatic carbocycles. The summed E-state index contributed by atoms with van der Waals surface area (Å²) in [6, 6.07) is 21.3. The van der Waals surface area contributed by atoms with E-state index in [1.165, 1.54) is 0 Å². The SMILES string of the molecule is C[C@@H](Oc1cccc2ccccc12)C(=O)N/N=C\c1ccccc1Br. The highest BCUT2D eigenvalue weighted by atomic mass is 79.9. The van der Waals surface area contributed by atoms with Crippen LogP contribution in [0.25, 0.3) is 10.8 Å². The van der Waals surface area contributed by atoms with Crippen molar-refractivity contribution in [3.63, 3.8) is 0 Å². The second-order valence-electron chi connectivity index (χ2n) is 5.49. The molecule has 0 aliphatic rings. The zero-order valence-corrected chi connectivity index (χ0v) is 15.2. The van der Waals surface area contributed by atoms with E-state index in [9.17, 15) is 4.79 Å². The van der Waals surface area contributed by atoms with Gasteiger partial charge >= 0.3 is 0 Å². The first-order valence-corrected chi connectivity index (χ1v) is 8.66. The lowest BCUT2D eigenvalue weighted by Crippen LogP contribution is -2.33. The number of nitrogens with one attached hydrogen (secondary N) is 1. The molecule has 3 rings (SSSR count). The zero-order valence-electron chi connectivity index (χ0n) is 13.6. The molecule has 0 spiro atoms. The molecule has 0 saturated carbocycles. The van der Waals surface area contributed by atoms with Gasteiger partial charge in [-0.25, -0.2) is 5.43 Å². The lowest BCUT2D eigenvalue weighted by molar-refractivity contribution is -0.127. The molecule has 0 bridgehead atoms. The van der Waals surface area contributed by atoms with Crippen LogP contribution in [0.15, 0.2) is 76.3 Å². The molecule has 0 radical (unpaired) electrons. The average Bonchev–Trinajstić information content (AvgIpc) is 2.63. The molecule has 0 fully saturated rings. The van der Waals surface area contributed by atoms with E-state index in [1.54, 1.807) is 13.1 Å². The third-order valence-electron chi connectivity index (χ3n) is 3.71. The van der Waals surface area contributed by atoms with Crippen molar-refractivity contribution < 1.29 is 9.53 Å². The van der Waals surface area contributed by atoms with E-state index in [-0.39, 0.29) is 5.91 Å². The highest BCUT2D eigenvalue weighted by Gasteiger charge is 2.15. The number of nitrogens with zero attached hydrogens (tertiary/aromatic N) is 1. The first-order chi connectivity index (χ1) is 12.1. The summed E-state index contributed by atoms with van der Waals surface area (Å²) in [5, 5.41) is 6.04. The second kappa shape index (κ2) is 7.94. The van der Waals surface area contributed by atoms with Crippen LogP contribution in [0.3, 0.4) is 0 Å². The van der Waals surface area contributed by atoms with Gasteiger partial charge in [-0.05, 0) is 24.4 Å². The summed E-state index contributed by atoms with van der Waals surface area (Å²) in [6.07, 6.45) is 0.925. The zero-order chi connectivity index (χ0) is 17.6. The Bertz CT molecular complexity index is 919. The van der Waals surface area contributed by atoms with Gasteiger partial charge in [0.15, 0.2) is 6.10 Å². The molecule has 1 N–H and O–H groups in total. The van der Waals surface area contributed by atoms with Crippen LogP contribution in [-0.2, 0) is 4.79 Å². The summed E-state index contributed by atoms with van der Waals surface area (Å²) in [4.78, 5) is 12.2. The minimum atomic E-state index is -0.665. The topological polar surface area (TPSA) is 50.7 Å². The Kier molecular flexibility index (Phi) is 5.46. The number of hydrazone groups is 1. The van der Waals surface area contributed by atoms with Crippen LogP contribution in [0.4, 0.5) is 0 Å². The van der Waals surface area contributed by atoms with Gasteiger partial charge in [0.2, 0.25) is 0 Å². The predicted molar refractivity (Wildman–Crippen MR) is 104 cm³/mol. The molecular formula is C20H17BrN2O2. The average molecular weight is 397 g/mol. The van der Waals surface area contributed by atoms with E-state index in [0.717, 1.165) is 20.8 Å². The first-order valence-electron chi connectivity index (χ1n) is 7.87. The lowest BCUT2D eigenvalue weighted by Gasteiger charge is -2.14. The molecule has 126 valence electrons. The monoisotopic (exact) mass is 396 g/mol. The highest BCUT2D eigenvalue weighted by Crippen LogP contribution is 2.26. The molecule has 0 saturated heterocycles. The van der Waals surface area contributed by atoms with Crippen molar-refractivity contribution in [2.45, 2.75) is 13.0 Å². The fourth-order valence-corrected chi connectivity index (χ4v) is 2.77. The van der Waals surface area contributed by atoms with Crippen molar-refractivity contribution in [1.82, 2.24) is 5.43 Å². The Morgan fingerprint density at radius 1 is 1.08 bits per heavy atom. The number of fused-ring (bicyclic) bond motifs is 1. The molecule has 1 amide bonds. The predicted octanol–water partition coefficient (Wildman–Crippen LogP) is 4.52. The van der Waals surface area contributed by atoms with Crippen LogP contribution in [0.5, 0.6) is 5.75 Å². The van der Waals surface area contributed by atoms with Crippen LogP contribution in [0.2, 0.25) is 0 Å². The minimum Gasteiger partial charge on any atom is -0.480 e. The quantitative estimate of drug-likeness (QED) is 0.509. The van der Waals surface area contributed by atoms with Crippen LogP contribution in [0, 0.1) is 0 Å². The van der Waals surface area contributed by atoms with Gasteiger partial charge in [-0.3, -0.25) is 4.79 Å². The largest absolute Gasteiger partial charge is 0.480 e. The van der Waals surface area contributed by atoms with Crippen molar-refractivity contribution >= 4 is 38.8 Å². The Morgan fingerprint density at radius 3 is 2.64 bits per heavy atom. The lowest BCUT2D eigenvalue weighted by atomic mass is 10.1. The van der Waals surface area contributed by atoms with Crippen LogP contribution < -0.4 is 10.2 Å². The Morgan fingerprint density at radius 2 is 1.80 bits per heavy atom. The summed E-state index contributed by atoms with van der Waals surface area (Å²) in [7, 11) is 0. The van der Waals surface area contributed by atoms with Crippen LogP contribution in [0.1, 0.15) is 12.5 Å². The van der Waals surface area contributed by atoms with Crippen molar-refractivity contribution in [2.75, 3.05) is 0 Å². The van der Waals surface area contributed by atoms with E-state index < -0.39 is 6.10 Å². The normalized spacial score (nSPS) is 12.2. The maximum atomic E-state index is 12.2. The molecule has 0 unspecified atom stereocenters. The summed E-state index contributed by atoms with van der Waals surface area (Å²) < 4.78 is 6.73. The molecule has 3 aromatic carbocycles. The number of carbonyl (C=O) groups is 1. The van der Waals surface area contributed by atoms with Gasteiger partial charge in [0.1, 0.15) is 5.75 Å². The van der Waals surface area contributed by atoms with Gasteiger partial charge < -0.3 is 4.74 Å². The van der Waals surface area contributed by atoms with Crippen molar-refractivity contribution in [3.05, 3.63) is 76.8 Å². The van der Waals surface area contributed by atoms with Crippen molar-refractivity contribution in [1.29, 1.82) is 0 Å². The minimum absolute atomic E-state index is 0.309. The number of benzene rings is 3. The van der Waals surface area contributed by atoms with Gasteiger partial charge in [0, 0.05) is 15.4 Å². The maximum Gasteiger partial charge on any atom is 0.280 e. The first kappa shape index (κ1) is 17.2. The van der Waals surface area contributed by atoms with E-state index >= 15 is 0 Å². The molecule has 4 nitrogen and oxygen atoms in total. The van der Waals surface area contributed by atoms with Crippen LogP contribution in [-0.4, -0.2) is 18.2 Å². The third kappa shape index (κ3) is 4.25. The molecule has 3 aromatic rings. The molecule has 0 aliphatic heterocycles. The van der Waals surface area contributed by atoms with Gasteiger partial charge in [-0.15, -0.1) is 0 Å². The molecule has 0 aromatic heterocycles. The van der Waals surface area contributed by atoms with E-state index in [2.05, 4.69) is 26.5 Å². The number of rotatable bonds is 5. The number of carbonyl (C=O) groups excluding carboxylic acids is 1. The summed E-state index contributed by atoms with van der Waals surface area (Å²) in [5.41, 5.74) is 3.39.